The van der Waals surface area contributed by atoms with Gasteiger partial charge in [-0.2, -0.15) is 0 Å². The zero-order valence-electron chi connectivity index (χ0n) is 7.96. The van der Waals surface area contributed by atoms with Crippen molar-refractivity contribution in [2.45, 2.75) is 38.6 Å². The second kappa shape index (κ2) is 3.82. The largest absolute Gasteiger partial charge is 0.335 e. The van der Waals surface area contributed by atoms with E-state index >= 15 is 0 Å². The van der Waals surface area contributed by atoms with E-state index in [1.165, 1.54) is 24.4 Å². The number of hydrogen-bond donors (Lipinski definition) is 0. The van der Waals surface area contributed by atoms with Gasteiger partial charge < -0.3 is 4.57 Å². The highest BCUT2D eigenvalue weighted by molar-refractivity contribution is 9.09. The summed E-state index contributed by atoms with van der Waals surface area (Å²) in [5.41, 5.74) is 1.24. The predicted molar refractivity (Wildman–Crippen MR) is 57.4 cm³/mol. The van der Waals surface area contributed by atoms with E-state index in [1.54, 1.807) is 0 Å². The van der Waals surface area contributed by atoms with Gasteiger partial charge in [0, 0.05) is 30.4 Å². The normalized spacial score (nSPS) is 18.3. The fourth-order valence-electron chi connectivity index (χ4n) is 1.75. The predicted octanol–water partition coefficient (Wildman–Crippen LogP) is 2.72. The molecule has 1 atom stereocenters. The van der Waals surface area contributed by atoms with E-state index in [0.717, 1.165) is 18.3 Å². The maximum atomic E-state index is 4.65. The molecule has 1 unspecified atom stereocenters. The van der Waals surface area contributed by atoms with Crippen molar-refractivity contribution in [1.82, 2.24) is 9.55 Å². The molecule has 2 rings (SSSR count). The summed E-state index contributed by atoms with van der Waals surface area (Å²) in [6.07, 6.45) is 6.00. The maximum Gasteiger partial charge on any atom is 0.108 e. The minimum atomic E-state index is 0.540. The van der Waals surface area contributed by atoms with Crippen LogP contribution in [0.1, 0.15) is 37.2 Å². The Kier molecular flexibility index (Phi) is 2.72. The minimum Gasteiger partial charge on any atom is -0.335 e. The Labute approximate surface area is 87.5 Å². The quantitative estimate of drug-likeness (QED) is 0.730. The first kappa shape index (κ1) is 9.25. The number of rotatable bonds is 2. The van der Waals surface area contributed by atoms with Gasteiger partial charge in [0.25, 0.3) is 0 Å². The molecule has 0 saturated carbocycles. The molecule has 72 valence electrons. The van der Waals surface area contributed by atoms with E-state index in [-0.39, 0.29) is 0 Å². The summed E-state index contributed by atoms with van der Waals surface area (Å²) in [6, 6.07) is 0. The van der Waals surface area contributed by atoms with E-state index in [1.807, 2.05) is 0 Å². The van der Waals surface area contributed by atoms with Crippen LogP contribution >= 0.6 is 15.9 Å². The standard InChI is InChI=1S/C10H15BrN2/c1-8(6-11)9-7-13-5-3-2-4-10(13)12-9/h7-8H,2-6H2,1H3. The molecule has 2 heterocycles. The van der Waals surface area contributed by atoms with Crippen LogP contribution in [0.3, 0.4) is 0 Å². The molecule has 0 saturated heterocycles. The molecule has 0 radical (unpaired) electrons. The lowest BCUT2D eigenvalue weighted by atomic mass is 10.2. The molecule has 0 fully saturated rings. The van der Waals surface area contributed by atoms with Gasteiger partial charge in [0.15, 0.2) is 0 Å². The van der Waals surface area contributed by atoms with Gasteiger partial charge in [-0.15, -0.1) is 0 Å². The molecule has 2 nitrogen and oxygen atoms in total. The average molecular weight is 243 g/mol. The molecule has 0 aromatic carbocycles. The fraction of sp³-hybridized carbons (Fsp3) is 0.700. The van der Waals surface area contributed by atoms with Crippen LogP contribution in [-0.4, -0.2) is 14.9 Å². The number of imidazole rings is 1. The second-order valence-electron chi connectivity index (χ2n) is 3.79. The Bertz CT molecular complexity index is 270. The highest BCUT2D eigenvalue weighted by Gasteiger charge is 2.14. The Morgan fingerprint density at radius 3 is 3.15 bits per heavy atom. The Hall–Kier alpha value is -0.310. The van der Waals surface area contributed by atoms with Crippen LogP contribution in [0.15, 0.2) is 6.20 Å². The van der Waals surface area contributed by atoms with E-state index in [4.69, 9.17) is 0 Å². The third kappa shape index (κ3) is 1.80. The van der Waals surface area contributed by atoms with Gasteiger partial charge in [-0.1, -0.05) is 22.9 Å². The lowest BCUT2D eigenvalue weighted by Gasteiger charge is -2.11. The number of alkyl halides is 1. The van der Waals surface area contributed by atoms with Crippen molar-refractivity contribution < 1.29 is 0 Å². The lowest BCUT2D eigenvalue weighted by Crippen LogP contribution is -2.08. The first-order chi connectivity index (χ1) is 6.31. The molecule has 13 heavy (non-hydrogen) atoms. The van der Waals surface area contributed by atoms with Crippen LogP contribution < -0.4 is 0 Å². The van der Waals surface area contributed by atoms with Crippen LogP contribution in [0.5, 0.6) is 0 Å². The zero-order chi connectivity index (χ0) is 9.26. The SMILES string of the molecule is CC(CBr)c1cn2c(n1)CCCC2. The van der Waals surface area contributed by atoms with Crippen LogP contribution in [0.4, 0.5) is 0 Å². The van der Waals surface area contributed by atoms with Gasteiger partial charge in [0.2, 0.25) is 0 Å². The van der Waals surface area contributed by atoms with Crippen molar-refractivity contribution in [3.8, 4) is 0 Å². The number of hydrogen-bond acceptors (Lipinski definition) is 1. The van der Waals surface area contributed by atoms with Crippen molar-refractivity contribution in [1.29, 1.82) is 0 Å². The highest BCUT2D eigenvalue weighted by atomic mass is 79.9. The number of fused-ring (bicyclic) bond motifs is 1. The van der Waals surface area contributed by atoms with Crippen molar-refractivity contribution in [2.75, 3.05) is 5.33 Å². The number of aryl methyl sites for hydroxylation is 2. The Morgan fingerprint density at radius 2 is 2.46 bits per heavy atom. The summed E-state index contributed by atoms with van der Waals surface area (Å²) in [6.45, 7) is 3.38. The van der Waals surface area contributed by atoms with Gasteiger partial charge in [-0.05, 0) is 12.8 Å². The first-order valence-corrected chi connectivity index (χ1v) is 6.05. The van der Waals surface area contributed by atoms with Crippen LogP contribution in [-0.2, 0) is 13.0 Å². The van der Waals surface area contributed by atoms with Gasteiger partial charge in [-0.3, -0.25) is 0 Å². The van der Waals surface area contributed by atoms with Crippen LogP contribution in [0.2, 0.25) is 0 Å². The summed E-state index contributed by atoms with van der Waals surface area (Å²) in [5.74, 6) is 1.83. The first-order valence-electron chi connectivity index (χ1n) is 4.93. The molecular formula is C10H15BrN2. The average Bonchev–Trinajstić information content (AvgIpc) is 2.59. The summed E-state index contributed by atoms with van der Waals surface area (Å²) >= 11 is 3.50. The van der Waals surface area contributed by atoms with Gasteiger partial charge in [0.05, 0.1) is 5.69 Å². The summed E-state index contributed by atoms with van der Waals surface area (Å²) in [4.78, 5) is 4.65. The fourth-order valence-corrected chi connectivity index (χ4v) is 2.08. The minimum absolute atomic E-state index is 0.540. The molecule has 1 aliphatic rings. The smallest absolute Gasteiger partial charge is 0.108 e. The van der Waals surface area contributed by atoms with Gasteiger partial charge >= 0.3 is 0 Å². The van der Waals surface area contributed by atoms with Crippen LogP contribution in [0.25, 0.3) is 0 Å². The molecule has 1 aliphatic heterocycles. The molecule has 0 amide bonds. The van der Waals surface area contributed by atoms with Crippen molar-refractivity contribution in [3.05, 3.63) is 17.7 Å². The summed E-state index contributed by atoms with van der Waals surface area (Å²) < 4.78 is 2.32. The maximum absolute atomic E-state index is 4.65. The van der Waals surface area contributed by atoms with E-state index in [9.17, 15) is 0 Å². The Morgan fingerprint density at radius 1 is 1.62 bits per heavy atom. The molecular weight excluding hydrogens is 228 g/mol. The van der Waals surface area contributed by atoms with Crippen LogP contribution in [0, 0.1) is 0 Å². The summed E-state index contributed by atoms with van der Waals surface area (Å²) in [5, 5.41) is 1.00. The number of nitrogens with zero attached hydrogens (tertiary/aromatic N) is 2. The van der Waals surface area contributed by atoms with E-state index < -0.39 is 0 Å². The Balaban J connectivity index is 2.25. The number of halogens is 1. The van der Waals surface area contributed by atoms with E-state index in [2.05, 4.69) is 38.6 Å². The lowest BCUT2D eigenvalue weighted by molar-refractivity contribution is 0.522. The van der Waals surface area contributed by atoms with Crippen molar-refractivity contribution in [2.24, 2.45) is 0 Å². The molecule has 3 heteroatoms. The third-order valence-electron chi connectivity index (χ3n) is 2.66. The highest BCUT2D eigenvalue weighted by Crippen LogP contribution is 2.20. The molecule has 0 spiro atoms. The third-order valence-corrected chi connectivity index (χ3v) is 3.63. The second-order valence-corrected chi connectivity index (χ2v) is 4.44. The molecule has 1 aromatic rings. The monoisotopic (exact) mass is 242 g/mol. The number of aromatic nitrogens is 2. The van der Waals surface area contributed by atoms with Gasteiger partial charge in [-0.25, -0.2) is 4.98 Å². The molecule has 0 aliphatic carbocycles. The van der Waals surface area contributed by atoms with Crippen molar-refractivity contribution >= 4 is 15.9 Å². The molecule has 1 aromatic heterocycles. The molecule has 0 bridgehead atoms. The van der Waals surface area contributed by atoms with E-state index in [0.29, 0.717) is 5.92 Å². The topological polar surface area (TPSA) is 17.8 Å². The van der Waals surface area contributed by atoms with Gasteiger partial charge in [0.1, 0.15) is 5.82 Å². The molecule has 0 N–H and O–H groups in total. The van der Waals surface area contributed by atoms with Crippen molar-refractivity contribution in [3.63, 3.8) is 0 Å². The zero-order valence-corrected chi connectivity index (χ0v) is 9.55. The summed E-state index contributed by atoms with van der Waals surface area (Å²) in [7, 11) is 0.